The molecule has 19 heavy (non-hydrogen) atoms. The topological polar surface area (TPSA) is 73.2 Å². The molecule has 0 bridgehead atoms. The molecule has 0 radical (unpaired) electrons. The molecule has 1 heterocycles. The molecular weight excluding hydrogens is 246 g/mol. The Balaban J connectivity index is 2.94. The average Bonchev–Trinajstić information content (AvgIpc) is 2.67. The fourth-order valence-electron chi connectivity index (χ4n) is 2.08. The maximum absolute atomic E-state index is 12.2. The van der Waals surface area contributed by atoms with Crippen molar-refractivity contribution in [2.45, 2.75) is 39.2 Å². The Morgan fingerprint density at radius 3 is 2.58 bits per heavy atom. The molecule has 1 aromatic heterocycles. The minimum atomic E-state index is -1.02. The number of carbonyl (C=O) groups is 2. The molecule has 1 unspecified atom stereocenters. The van der Waals surface area contributed by atoms with E-state index in [0.717, 1.165) is 12.1 Å². The van der Waals surface area contributed by atoms with Gasteiger partial charge in [0.05, 0.1) is 12.8 Å². The molecule has 6 nitrogen and oxygen atoms in total. The second-order valence-electron chi connectivity index (χ2n) is 4.82. The summed E-state index contributed by atoms with van der Waals surface area (Å²) >= 11 is 0. The number of nitrogens with zero attached hydrogens (tertiary/aromatic N) is 2. The predicted octanol–water partition coefficient (Wildman–Crippen LogP) is 1.19. The molecule has 1 atom stereocenters. The summed E-state index contributed by atoms with van der Waals surface area (Å²) in [7, 11) is 3.01. The Labute approximate surface area is 113 Å². The first kappa shape index (κ1) is 15.2. The number of amides is 1. The molecule has 0 saturated heterocycles. The third-order valence-electron chi connectivity index (χ3n) is 3.01. The number of hydrogen-bond acceptors (Lipinski definition) is 4. The number of methoxy groups -OCH3 is 1. The van der Waals surface area contributed by atoms with Crippen LogP contribution in [0.1, 0.15) is 42.9 Å². The van der Waals surface area contributed by atoms with Gasteiger partial charge in [0.1, 0.15) is 11.2 Å². The normalized spacial score (nSPS) is 13.7. The van der Waals surface area contributed by atoms with Crippen LogP contribution in [0.2, 0.25) is 0 Å². The molecule has 0 aromatic carbocycles. The van der Waals surface area contributed by atoms with Gasteiger partial charge in [0.2, 0.25) is 0 Å². The quantitative estimate of drug-likeness (QED) is 0.813. The van der Waals surface area contributed by atoms with E-state index in [1.165, 1.54) is 11.8 Å². The maximum Gasteiger partial charge on any atom is 0.331 e. The molecule has 6 heteroatoms. The summed E-state index contributed by atoms with van der Waals surface area (Å²) in [6, 6.07) is 1.68. The van der Waals surface area contributed by atoms with Crippen LogP contribution in [0.3, 0.4) is 0 Å². The molecule has 0 saturated carbocycles. The van der Waals surface area contributed by atoms with Crippen molar-refractivity contribution in [3.63, 3.8) is 0 Å². The molecule has 1 amide bonds. The molecular formula is C13H21N3O3. The van der Waals surface area contributed by atoms with Crippen molar-refractivity contribution in [2.24, 2.45) is 7.05 Å². The SMILES string of the molecule is CCCC(C)(NC(=O)c1cc(C)nn1C)C(=O)OC. The van der Waals surface area contributed by atoms with E-state index in [1.54, 1.807) is 20.0 Å². The smallest absolute Gasteiger partial charge is 0.331 e. The van der Waals surface area contributed by atoms with Crippen LogP contribution >= 0.6 is 0 Å². The molecule has 1 aromatic rings. The van der Waals surface area contributed by atoms with Gasteiger partial charge in [-0.3, -0.25) is 9.48 Å². The summed E-state index contributed by atoms with van der Waals surface area (Å²) in [6.07, 6.45) is 1.28. The molecule has 0 aliphatic rings. The van der Waals surface area contributed by atoms with Crippen LogP contribution in [-0.4, -0.2) is 34.3 Å². The number of carbonyl (C=O) groups excluding carboxylic acids is 2. The molecule has 1 rings (SSSR count). The van der Waals surface area contributed by atoms with Gasteiger partial charge in [0.15, 0.2) is 0 Å². The predicted molar refractivity (Wildman–Crippen MR) is 70.7 cm³/mol. The number of rotatable bonds is 5. The van der Waals surface area contributed by atoms with Crippen molar-refractivity contribution in [3.05, 3.63) is 17.5 Å². The lowest BCUT2D eigenvalue weighted by Gasteiger charge is -2.27. The first-order chi connectivity index (χ1) is 8.84. The van der Waals surface area contributed by atoms with Crippen molar-refractivity contribution in [3.8, 4) is 0 Å². The number of ether oxygens (including phenoxy) is 1. The van der Waals surface area contributed by atoms with E-state index in [4.69, 9.17) is 4.74 Å². The Morgan fingerprint density at radius 2 is 2.16 bits per heavy atom. The summed E-state index contributed by atoms with van der Waals surface area (Å²) in [5, 5.41) is 6.85. The highest BCUT2D eigenvalue weighted by molar-refractivity contribution is 5.96. The number of aromatic nitrogens is 2. The molecule has 0 spiro atoms. The minimum Gasteiger partial charge on any atom is -0.467 e. The highest BCUT2D eigenvalue weighted by atomic mass is 16.5. The summed E-state index contributed by atoms with van der Waals surface area (Å²) in [5.41, 5.74) is 0.158. The molecule has 0 aliphatic heterocycles. The van der Waals surface area contributed by atoms with E-state index in [-0.39, 0.29) is 5.91 Å². The molecule has 106 valence electrons. The average molecular weight is 267 g/mol. The van der Waals surface area contributed by atoms with E-state index < -0.39 is 11.5 Å². The van der Waals surface area contributed by atoms with Crippen molar-refractivity contribution in [1.29, 1.82) is 0 Å². The zero-order valence-electron chi connectivity index (χ0n) is 12.1. The van der Waals surface area contributed by atoms with E-state index in [1.807, 2.05) is 13.8 Å². The Morgan fingerprint density at radius 1 is 1.53 bits per heavy atom. The van der Waals surface area contributed by atoms with Gasteiger partial charge in [-0.15, -0.1) is 0 Å². The van der Waals surface area contributed by atoms with E-state index in [0.29, 0.717) is 12.1 Å². The van der Waals surface area contributed by atoms with Crippen LogP contribution in [0.15, 0.2) is 6.07 Å². The van der Waals surface area contributed by atoms with E-state index in [9.17, 15) is 9.59 Å². The Bertz CT molecular complexity index is 481. The lowest BCUT2D eigenvalue weighted by molar-refractivity contribution is -0.147. The van der Waals surface area contributed by atoms with Gasteiger partial charge in [0, 0.05) is 7.05 Å². The standard InChI is InChI=1S/C13H21N3O3/c1-6-7-13(3,12(18)19-5)14-11(17)10-8-9(2)15-16(10)4/h8H,6-7H2,1-5H3,(H,14,17). The van der Waals surface area contributed by atoms with Crippen LogP contribution < -0.4 is 5.32 Å². The van der Waals surface area contributed by atoms with Gasteiger partial charge in [0.25, 0.3) is 5.91 Å². The van der Waals surface area contributed by atoms with Crippen LogP contribution in [-0.2, 0) is 16.6 Å². The summed E-state index contributed by atoms with van der Waals surface area (Å²) < 4.78 is 6.26. The van der Waals surface area contributed by atoms with Crippen molar-refractivity contribution in [1.82, 2.24) is 15.1 Å². The molecule has 0 fully saturated rings. The summed E-state index contributed by atoms with van der Waals surface area (Å²) in [4.78, 5) is 24.0. The molecule has 0 aliphatic carbocycles. The number of hydrogen-bond donors (Lipinski definition) is 1. The third kappa shape index (κ3) is 3.33. The number of esters is 1. The zero-order valence-corrected chi connectivity index (χ0v) is 12.1. The highest BCUT2D eigenvalue weighted by Gasteiger charge is 2.35. The minimum absolute atomic E-state index is 0.329. The molecule has 1 N–H and O–H groups in total. The lowest BCUT2D eigenvalue weighted by Crippen LogP contribution is -2.53. The van der Waals surface area contributed by atoms with Gasteiger partial charge in [-0.1, -0.05) is 13.3 Å². The second-order valence-corrected chi connectivity index (χ2v) is 4.82. The van der Waals surface area contributed by atoms with Crippen molar-refractivity contribution >= 4 is 11.9 Å². The maximum atomic E-state index is 12.2. The first-order valence-electron chi connectivity index (χ1n) is 6.25. The van der Waals surface area contributed by atoms with Gasteiger partial charge in [-0.05, 0) is 26.3 Å². The van der Waals surface area contributed by atoms with Crippen LogP contribution in [0.25, 0.3) is 0 Å². The summed E-state index contributed by atoms with van der Waals surface area (Å²) in [6.45, 7) is 5.42. The monoisotopic (exact) mass is 267 g/mol. The largest absolute Gasteiger partial charge is 0.467 e. The van der Waals surface area contributed by atoms with Crippen LogP contribution in [0, 0.1) is 6.92 Å². The zero-order chi connectivity index (χ0) is 14.6. The van der Waals surface area contributed by atoms with Gasteiger partial charge in [-0.25, -0.2) is 4.79 Å². The summed E-state index contributed by atoms with van der Waals surface area (Å²) in [5.74, 6) is -0.772. The Hall–Kier alpha value is -1.85. The van der Waals surface area contributed by atoms with Gasteiger partial charge < -0.3 is 10.1 Å². The van der Waals surface area contributed by atoms with Crippen LogP contribution in [0.4, 0.5) is 0 Å². The fourth-order valence-corrected chi connectivity index (χ4v) is 2.08. The highest BCUT2D eigenvalue weighted by Crippen LogP contribution is 2.15. The first-order valence-corrected chi connectivity index (χ1v) is 6.25. The van der Waals surface area contributed by atoms with Gasteiger partial charge in [-0.2, -0.15) is 5.10 Å². The Kier molecular flexibility index (Phi) is 4.69. The van der Waals surface area contributed by atoms with E-state index in [2.05, 4.69) is 10.4 Å². The van der Waals surface area contributed by atoms with Crippen LogP contribution in [0.5, 0.6) is 0 Å². The van der Waals surface area contributed by atoms with Crippen molar-refractivity contribution < 1.29 is 14.3 Å². The van der Waals surface area contributed by atoms with Gasteiger partial charge >= 0.3 is 5.97 Å². The number of aryl methyl sites for hydroxylation is 2. The third-order valence-corrected chi connectivity index (χ3v) is 3.01. The lowest BCUT2D eigenvalue weighted by atomic mass is 9.96. The second kappa shape index (κ2) is 5.86. The van der Waals surface area contributed by atoms with E-state index >= 15 is 0 Å². The van der Waals surface area contributed by atoms with Crippen molar-refractivity contribution in [2.75, 3.05) is 7.11 Å². The fraction of sp³-hybridized carbons (Fsp3) is 0.615. The number of nitrogens with one attached hydrogen (secondary N) is 1.